The lowest BCUT2D eigenvalue weighted by Gasteiger charge is -2.08. The van der Waals surface area contributed by atoms with Crippen LogP contribution in [0.2, 0.25) is 5.02 Å². The molecule has 7 nitrogen and oxygen atoms in total. The number of aromatic nitrogens is 2. The van der Waals surface area contributed by atoms with Crippen molar-refractivity contribution in [1.82, 2.24) is 9.97 Å². The van der Waals surface area contributed by atoms with Gasteiger partial charge in [0.2, 0.25) is 15.7 Å². The molecule has 0 saturated heterocycles. The standard InChI is InChI=1S/C21H20ClN3O4S2/c1-13(2)14-3-7-16(8-4-14)24-19(26)12-30-21-23-11-18(20(27)25-21)31(28,29)17-9-5-15(22)6-10-17/h3-11,13H,12H2,1-2H3,(H,24,26)(H,23,25,27). The molecule has 0 radical (unpaired) electrons. The molecule has 31 heavy (non-hydrogen) atoms. The van der Waals surface area contributed by atoms with Crippen molar-refractivity contribution in [2.45, 2.75) is 34.7 Å². The number of benzene rings is 2. The molecule has 0 fully saturated rings. The number of thioether (sulfide) groups is 1. The van der Waals surface area contributed by atoms with Crippen LogP contribution >= 0.6 is 23.4 Å². The molecule has 0 unspecified atom stereocenters. The van der Waals surface area contributed by atoms with Crippen LogP contribution in [0, 0.1) is 0 Å². The summed E-state index contributed by atoms with van der Waals surface area (Å²) in [6.45, 7) is 4.17. The predicted molar refractivity (Wildman–Crippen MR) is 122 cm³/mol. The molecule has 0 aliphatic rings. The number of carbonyl (C=O) groups is 1. The Labute approximate surface area is 189 Å². The summed E-state index contributed by atoms with van der Waals surface area (Å²) < 4.78 is 25.3. The fourth-order valence-corrected chi connectivity index (χ4v) is 4.65. The Bertz CT molecular complexity index is 1240. The van der Waals surface area contributed by atoms with Crippen molar-refractivity contribution < 1.29 is 13.2 Å². The molecule has 1 heterocycles. The van der Waals surface area contributed by atoms with Crippen LogP contribution < -0.4 is 10.9 Å². The average molecular weight is 478 g/mol. The molecule has 2 aromatic carbocycles. The zero-order valence-corrected chi connectivity index (χ0v) is 19.1. The molecular formula is C21H20ClN3O4S2. The van der Waals surface area contributed by atoms with Gasteiger partial charge in [-0.15, -0.1) is 0 Å². The van der Waals surface area contributed by atoms with Crippen LogP contribution in [0.3, 0.4) is 0 Å². The monoisotopic (exact) mass is 477 g/mol. The molecule has 3 aromatic rings. The molecule has 1 aromatic heterocycles. The summed E-state index contributed by atoms with van der Waals surface area (Å²) in [7, 11) is -4.04. The Morgan fingerprint density at radius 1 is 1.13 bits per heavy atom. The summed E-state index contributed by atoms with van der Waals surface area (Å²) in [6.07, 6.45) is 0.994. The van der Waals surface area contributed by atoms with E-state index in [9.17, 15) is 18.0 Å². The minimum absolute atomic E-state index is 0.00183. The maximum absolute atomic E-state index is 12.6. The van der Waals surface area contributed by atoms with Gasteiger partial charge in [0.1, 0.15) is 0 Å². The first kappa shape index (κ1) is 23.1. The van der Waals surface area contributed by atoms with E-state index in [0.29, 0.717) is 16.6 Å². The van der Waals surface area contributed by atoms with Gasteiger partial charge in [-0.1, -0.05) is 49.3 Å². The summed E-state index contributed by atoms with van der Waals surface area (Å²) in [6, 6.07) is 13.0. The first-order chi connectivity index (χ1) is 14.7. The quantitative estimate of drug-likeness (QED) is 0.391. The molecule has 0 atom stereocenters. The van der Waals surface area contributed by atoms with Crippen LogP contribution in [0.15, 0.2) is 74.5 Å². The van der Waals surface area contributed by atoms with E-state index in [1.165, 1.54) is 29.8 Å². The van der Waals surface area contributed by atoms with Crippen molar-refractivity contribution in [1.29, 1.82) is 0 Å². The number of amides is 1. The second kappa shape index (κ2) is 9.67. The van der Waals surface area contributed by atoms with Gasteiger partial charge in [0.25, 0.3) is 5.56 Å². The SMILES string of the molecule is CC(C)c1ccc(NC(=O)CSc2ncc(S(=O)(=O)c3ccc(Cl)cc3)c(=O)[nH]2)cc1. The second-order valence-corrected chi connectivity index (χ2v) is 10.3. The maximum atomic E-state index is 12.6. The van der Waals surface area contributed by atoms with Crippen LogP contribution in [0.4, 0.5) is 5.69 Å². The van der Waals surface area contributed by atoms with E-state index >= 15 is 0 Å². The molecule has 0 saturated carbocycles. The number of aromatic amines is 1. The Morgan fingerprint density at radius 2 is 1.77 bits per heavy atom. The number of halogens is 1. The second-order valence-electron chi connectivity index (χ2n) is 6.95. The number of hydrogen-bond acceptors (Lipinski definition) is 6. The highest BCUT2D eigenvalue weighted by molar-refractivity contribution is 7.99. The first-order valence-corrected chi connectivity index (χ1v) is 12.1. The van der Waals surface area contributed by atoms with E-state index < -0.39 is 20.3 Å². The largest absolute Gasteiger partial charge is 0.325 e. The van der Waals surface area contributed by atoms with Gasteiger partial charge < -0.3 is 10.3 Å². The highest BCUT2D eigenvalue weighted by Gasteiger charge is 2.22. The Kier molecular flexibility index (Phi) is 7.19. The lowest BCUT2D eigenvalue weighted by molar-refractivity contribution is -0.113. The number of nitrogens with zero attached hydrogens (tertiary/aromatic N) is 1. The fourth-order valence-electron chi connectivity index (χ4n) is 2.65. The summed E-state index contributed by atoms with van der Waals surface area (Å²) in [5, 5.41) is 3.29. The van der Waals surface area contributed by atoms with Crippen molar-refractivity contribution in [3.05, 3.63) is 75.7 Å². The Balaban J connectivity index is 1.65. The third-order valence-electron chi connectivity index (χ3n) is 4.36. The molecule has 3 rings (SSSR count). The van der Waals surface area contributed by atoms with Crippen LogP contribution in [0.25, 0.3) is 0 Å². The third kappa shape index (κ3) is 5.75. The van der Waals surface area contributed by atoms with E-state index in [0.717, 1.165) is 18.0 Å². The van der Waals surface area contributed by atoms with Gasteiger partial charge in [0.05, 0.1) is 16.8 Å². The summed E-state index contributed by atoms with van der Waals surface area (Å²) in [5.74, 6) is 0.121. The minimum Gasteiger partial charge on any atom is -0.325 e. The first-order valence-electron chi connectivity index (χ1n) is 9.29. The highest BCUT2D eigenvalue weighted by atomic mass is 35.5. The molecule has 0 aliphatic heterocycles. The third-order valence-corrected chi connectivity index (χ3v) is 7.26. The summed E-state index contributed by atoms with van der Waals surface area (Å²) in [5.41, 5.74) is 1.03. The van der Waals surface area contributed by atoms with Crippen LogP contribution in [0.5, 0.6) is 0 Å². The fraction of sp³-hybridized carbons (Fsp3) is 0.190. The van der Waals surface area contributed by atoms with E-state index in [2.05, 4.69) is 29.1 Å². The molecule has 0 spiro atoms. The number of nitrogens with one attached hydrogen (secondary N) is 2. The van der Waals surface area contributed by atoms with Gasteiger partial charge in [-0.2, -0.15) is 0 Å². The zero-order valence-electron chi connectivity index (χ0n) is 16.8. The van der Waals surface area contributed by atoms with Crippen molar-refractivity contribution >= 4 is 44.8 Å². The number of rotatable bonds is 7. The van der Waals surface area contributed by atoms with Gasteiger partial charge in [-0.05, 0) is 47.9 Å². The van der Waals surface area contributed by atoms with E-state index in [-0.39, 0.29) is 21.7 Å². The van der Waals surface area contributed by atoms with Crippen LogP contribution in [0.1, 0.15) is 25.3 Å². The lowest BCUT2D eigenvalue weighted by Crippen LogP contribution is -2.20. The topological polar surface area (TPSA) is 109 Å². The summed E-state index contributed by atoms with van der Waals surface area (Å²) >= 11 is 6.78. The van der Waals surface area contributed by atoms with Crippen molar-refractivity contribution in [2.24, 2.45) is 0 Å². The van der Waals surface area contributed by atoms with Gasteiger partial charge in [0.15, 0.2) is 10.1 Å². The molecular weight excluding hydrogens is 458 g/mol. The molecule has 2 N–H and O–H groups in total. The molecule has 0 bridgehead atoms. The van der Waals surface area contributed by atoms with Gasteiger partial charge in [-0.3, -0.25) is 9.59 Å². The van der Waals surface area contributed by atoms with Crippen LogP contribution in [-0.2, 0) is 14.6 Å². The van der Waals surface area contributed by atoms with E-state index in [1.54, 1.807) is 0 Å². The van der Waals surface area contributed by atoms with E-state index in [4.69, 9.17) is 11.6 Å². The van der Waals surface area contributed by atoms with E-state index in [1.807, 2.05) is 24.3 Å². The number of anilines is 1. The lowest BCUT2D eigenvalue weighted by atomic mass is 10.0. The number of sulfone groups is 1. The van der Waals surface area contributed by atoms with Gasteiger partial charge >= 0.3 is 0 Å². The molecule has 10 heteroatoms. The Hall–Kier alpha value is -2.62. The highest BCUT2D eigenvalue weighted by Crippen LogP contribution is 2.21. The molecule has 1 amide bonds. The number of hydrogen-bond donors (Lipinski definition) is 2. The van der Waals surface area contributed by atoms with Gasteiger partial charge in [0, 0.05) is 10.7 Å². The average Bonchev–Trinajstić information content (AvgIpc) is 2.73. The Morgan fingerprint density at radius 3 is 2.35 bits per heavy atom. The summed E-state index contributed by atoms with van der Waals surface area (Å²) in [4.78, 5) is 30.4. The van der Waals surface area contributed by atoms with Crippen molar-refractivity contribution in [3.8, 4) is 0 Å². The molecule has 162 valence electrons. The van der Waals surface area contributed by atoms with Gasteiger partial charge in [-0.25, -0.2) is 13.4 Å². The number of H-pyrrole nitrogens is 1. The normalized spacial score (nSPS) is 11.5. The van der Waals surface area contributed by atoms with Crippen molar-refractivity contribution in [2.75, 3.05) is 11.1 Å². The van der Waals surface area contributed by atoms with Crippen LogP contribution in [-0.4, -0.2) is 30.0 Å². The number of carbonyl (C=O) groups excluding carboxylic acids is 1. The zero-order chi connectivity index (χ0) is 22.6. The predicted octanol–water partition coefficient (Wildman–Crippen LogP) is 4.11. The van der Waals surface area contributed by atoms with Crippen molar-refractivity contribution in [3.63, 3.8) is 0 Å². The maximum Gasteiger partial charge on any atom is 0.270 e. The smallest absolute Gasteiger partial charge is 0.270 e. The molecule has 0 aliphatic carbocycles. The minimum atomic E-state index is -4.04.